The van der Waals surface area contributed by atoms with Crippen molar-refractivity contribution < 1.29 is 48.9 Å². The molecule has 0 saturated carbocycles. The van der Waals surface area contributed by atoms with Gasteiger partial charge in [-0.1, -0.05) is 0 Å². The average Bonchev–Trinajstić information content (AvgIpc) is 2.71. The summed E-state index contributed by atoms with van der Waals surface area (Å²) in [5.74, 6) is -7.49. The Labute approximate surface area is 188 Å². The lowest BCUT2D eigenvalue weighted by Crippen LogP contribution is -2.57. The van der Waals surface area contributed by atoms with Crippen LogP contribution in [0.25, 0.3) is 0 Å². The Kier molecular flexibility index (Phi) is 12.7. The van der Waals surface area contributed by atoms with Crippen LogP contribution < -0.4 is 27.4 Å². The van der Waals surface area contributed by atoms with Gasteiger partial charge in [-0.2, -0.15) is 0 Å². The molecule has 0 aliphatic carbocycles. The van der Waals surface area contributed by atoms with Crippen LogP contribution >= 0.6 is 0 Å². The van der Waals surface area contributed by atoms with Gasteiger partial charge in [0.05, 0.1) is 6.04 Å². The van der Waals surface area contributed by atoms with Crippen molar-refractivity contribution in [2.75, 3.05) is 0 Å². The third kappa shape index (κ3) is 12.6. The second kappa shape index (κ2) is 14.3. The molecule has 0 saturated heterocycles. The fraction of sp³-hybridized carbons (Fsp3) is 0.611. The van der Waals surface area contributed by atoms with Gasteiger partial charge in [0.25, 0.3) is 0 Å². The van der Waals surface area contributed by atoms with Crippen LogP contribution in [0.15, 0.2) is 0 Å². The second-order valence-electron chi connectivity index (χ2n) is 7.17. The van der Waals surface area contributed by atoms with E-state index in [4.69, 9.17) is 26.8 Å². The molecule has 0 aromatic rings. The minimum Gasteiger partial charge on any atom is -0.481 e. The van der Waals surface area contributed by atoms with Crippen LogP contribution in [0.3, 0.4) is 0 Å². The first-order valence-corrected chi connectivity index (χ1v) is 9.86. The Balaban J connectivity index is 5.45. The summed E-state index contributed by atoms with van der Waals surface area (Å²) >= 11 is 0. The minimum absolute atomic E-state index is 0.245. The summed E-state index contributed by atoms with van der Waals surface area (Å²) in [6.07, 6.45) is -2.24. The molecule has 4 unspecified atom stereocenters. The molecule has 0 aliphatic heterocycles. The molecule has 4 amide bonds. The third-order valence-electron chi connectivity index (χ3n) is 4.33. The van der Waals surface area contributed by atoms with E-state index < -0.39 is 85.0 Å². The highest BCUT2D eigenvalue weighted by molar-refractivity contribution is 5.94. The number of carbonyl (C=O) groups excluding carboxylic acids is 4. The van der Waals surface area contributed by atoms with Crippen molar-refractivity contribution in [3.8, 4) is 0 Å². The van der Waals surface area contributed by atoms with Crippen LogP contribution in [-0.4, -0.2) is 81.0 Å². The van der Waals surface area contributed by atoms with Crippen molar-refractivity contribution in [1.29, 1.82) is 0 Å². The molecule has 0 aliphatic rings. The molecule has 15 heteroatoms. The van der Waals surface area contributed by atoms with E-state index in [2.05, 4.69) is 16.0 Å². The van der Waals surface area contributed by atoms with Crippen LogP contribution in [0.5, 0.6) is 0 Å². The number of carbonyl (C=O) groups is 7. The molecular formula is C18H29N5O10. The largest absolute Gasteiger partial charge is 0.481 e. The molecule has 186 valence electrons. The predicted octanol–water partition coefficient (Wildman–Crippen LogP) is -3.13. The van der Waals surface area contributed by atoms with Gasteiger partial charge in [-0.3, -0.25) is 33.6 Å². The van der Waals surface area contributed by atoms with Gasteiger partial charge in [0.1, 0.15) is 18.1 Å². The average molecular weight is 475 g/mol. The van der Waals surface area contributed by atoms with Gasteiger partial charge in [0.2, 0.25) is 23.6 Å². The lowest BCUT2D eigenvalue weighted by molar-refractivity contribution is -0.142. The van der Waals surface area contributed by atoms with E-state index in [0.29, 0.717) is 0 Å². The van der Waals surface area contributed by atoms with Crippen molar-refractivity contribution >= 4 is 41.5 Å². The normalized spacial score (nSPS) is 14.1. The summed E-state index contributed by atoms with van der Waals surface area (Å²) in [5.41, 5.74) is 10.6. The molecule has 0 aromatic heterocycles. The summed E-state index contributed by atoms with van der Waals surface area (Å²) < 4.78 is 0. The number of hydrogen-bond acceptors (Lipinski definition) is 8. The second-order valence-corrected chi connectivity index (χ2v) is 7.17. The maximum Gasteiger partial charge on any atom is 0.325 e. The first-order chi connectivity index (χ1) is 15.2. The van der Waals surface area contributed by atoms with Gasteiger partial charge < -0.3 is 42.7 Å². The molecule has 33 heavy (non-hydrogen) atoms. The zero-order chi connectivity index (χ0) is 25.7. The van der Waals surface area contributed by atoms with E-state index in [-0.39, 0.29) is 19.3 Å². The van der Waals surface area contributed by atoms with Gasteiger partial charge in [-0.25, -0.2) is 0 Å². The molecule has 0 spiro atoms. The van der Waals surface area contributed by atoms with Crippen LogP contribution in [0.1, 0.15) is 45.4 Å². The zero-order valence-corrected chi connectivity index (χ0v) is 17.9. The first-order valence-electron chi connectivity index (χ1n) is 9.86. The summed E-state index contributed by atoms with van der Waals surface area (Å²) in [4.78, 5) is 80.9. The monoisotopic (exact) mass is 475 g/mol. The van der Waals surface area contributed by atoms with Crippen molar-refractivity contribution in [2.45, 2.75) is 69.6 Å². The Hall–Kier alpha value is -3.75. The molecule has 0 rings (SSSR count). The SMILES string of the molecule is CC(NC(=O)C(CCC(N)=O)NC(=O)C(CCC(=O)O)NC(=O)C(N)CCC(=O)O)C(=O)O. The number of primary amides is 1. The number of amides is 4. The number of nitrogens with two attached hydrogens (primary N) is 2. The van der Waals surface area contributed by atoms with Gasteiger partial charge in [0.15, 0.2) is 0 Å². The molecule has 0 aromatic carbocycles. The van der Waals surface area contributed by atoms with Crippen molar-refractivity contribution in [3.05, 3.63) is 0 Å². The van der Waals surface area contributed by atoms with Crippen LogP contribution in [0.2, 0.25) is 0 Å². The van der Waals surface area contributed by atoms with Crippen LogP contribution in [0, 0.1) is 0 Å². The van der Waals surface area contributed by atoms with E-state index in [9.17, 15) is 33.6 Å². The van der Waals surface area contributed by atoms with Gasteiger partial charge >= 0.3 is 17.9 Å². The lowest BCUT2D eigenvalue weighted by atomic mass is 10.1. The topological polar surface area (TPSA) is 268 Å². The van der Waals surface area contributed by atoms with Gasteiger partial charge in [-0.15, -0.1) is 0 Å². The quantitative estimate of drug-likeness (QED) is 0.110. The fourth-order valence-electron chi connectivity index (χ4n) is 2.43. The number of aliphatic carboxylic acids is 3. The fourth-order valence-corrected chi connectivity index (χ4v) is 2.43. The smallest absolute Gasteiger partial charge is 0.325 e. The Morgan fingerprint density at radius 1 is 0.697 bits per heavy atom. The van der Waals surface area contributed by atoms with Gasteiger partial charge in [-0.05, 0) is 26.2 Å². The zero-order valence-electron chi connectivity index (χ0n) is 17.9. The predicted molar refractivity (Wildman–Crippen MR) is 109 cm³/mol. The number of nitrogens with one attached hydrogen (secondary N) is 3. The molecule has 10 N–H and O–H groups in total. The number of rotatable bonds is 16. The summed E-state index contributed by atoms with van der Waals surface area (Å²) in [6, 6.07) is -5.51. The van der Waals surface area contributed by atoms with E-state index in [1.807, 2.05) is 0 Å². The highest BCUT2D eigenvalue weighted by Gasteiger charge is 2.30. The van der Waals surface area contributed by atoms with Crippen molar-refractivity contribution in [2.24, 2.45) is 11.5 Å². The minimum atomic E-state index is -1.47. The molecular weight excluding hydrogens is 446 g/mol. The van der Waals surface area contributed by atoms with Crippen molar-refractivity contribution in [1.82, 2.24) is 16.0 Å². The maximum absolute atomic E-state index is 12.7. The van der Waals surface area contributed by atoms with Crippen LogP contribution in [0.4, 0.5) is 0 Å². The molecule has 4 atom stereocenters. The maximum atomic E-state index is 12.7. The van der Waals surface area contributed by atoms with E-state index in [1.54, 1.807) is 0 Å². The van der Waals surface area contributed by atoms with E-state index in [1.165, 1.54) is 6.92 Å². The molecule has 0 radical (unpaired) electrons. The lowest BCUT2D eigenvalue weighted by Gasteiger charge is -2.24. The highest BCUT2D eigenvalue weighted by Crippen LogP contribution is 2.05. The Morgan fingerprint density at radius 2 is 1.12 bits per heavy atom. The number of carboxylic acid groups (broad SMARTS) is 3. The standard InChI is InChI=1S/C18H29N5O10/c1-8(18(32)33)21-16(30)10(3-5-12(20)24)23-17(31)11(4-7-14(27)28)22-15(29)9(19)2-6-13(25)26/h8-11H,2-7,19H2,1H3,(H2,20,24)(H,21,30)(H,22,29)(H,23,31)(H,25,26)(H,27,28)(H,32,33). The molecule has 15 nitrogen and oxygen atoms in total. The van der Waals surface area contributed by atoms with Crippen molar-refractivity contribution in [3.63, 3.8) is 0 Å². The third-order valence-corrected chi connectivity index (χ3v) is 4.33. The summed E-state index contributed by atoms with van der Waals surface area (Å²) in [7, 11) is 0. The summed E-state index contributed by atoms with van der Waals surface area (Å²) in [5, 5.41) is 33.1. The first kappa shape index (κ1) is 29.2. The highest BCUT2D eigenvalue weighted by atomic mass is 16.4. The van der Waals surface area contributed by atoms with E-state index >= 15 is 0 Å². The summed E-state index contributed by atoms with van der Waals surface area (Å²) in [6.45, 7) is 1.17. The van der Waals surface area contributed by atoms with Crippen LogP contribution in [-0.2, 0) is 33.6 Å². The Bertz CT molecular complexity index is 772. The number of carboxylic acids is 3. The van der Waals surface area contributed by atoms with E-state index in [0.717, 1.165) is 0 Å². The number of hydrogen-bond donors (Lipinski definition) is 8. The molecule has 0 fully saturated rings. The molecule has 0 bridgehead atoms. The van der Waals surface area contributed by atoms with Gasteiger partial charge in [0, 0.05) is 19.3 Å². The molecule has 0 heterocycles. The Morgan fingerprint density at radius 3 is 1.58 bits per heavy atom.